The van der Waals surface area contributed by atoms with Crippen LogP contribution in [-0.2, 0) is 9.84 Å². The lowest BCUT2D eigenvalue weighted by Gasteiger charge is -2.46. The smallest absolute Gasteiger partial charge is 0.152 e. The lowest BCUT2D eigenvalue weighted by molar-refractivity contribution is 0.0651. The van der Waals surface area contributed by atoms with Crippen LogP contribution >= 0.6 is 0 Å². The molecule has 1 N–H and O–H groups in total. The normalized spacial score (nSPS) is 33.1. The van der Waals surface area contributed by atoms with Gasteiger partial charge in [-0.2, -0.15) is 0 Å². The molecule has 1 saturated heterocycles. The Kier molecular flexibility index (Phi) is 4.04. The molecular weight excluding hydrogens is 248 g/mol. The van der Waals surface area contributed by atoms with Crippen LogP contribution in [0.5, 0.6) is 0 Å². The molecule has 1 aliphatic carbocycles. The van der Waals surface area contributed by atoms with Gasteiger partial charge in [-0.15, -0.1) is 0 Å². The molecule has 0 aromatic rings. The maximum atomic E-state index is 11.4. The highest BCUT2D eigenvalue weighted by atomic mass is 32.2. The number of hydrogen-bond acceptors (Lipinski definition) is 4. The van der Waals surface area contributed by atoms with Crippen molar-refractivity contribution in [1.82, 2.24) is 10.2 Å². The Morgan fingerprint density at radius 3 is 2.22 bits per heavy atom. The summed E-state index contributed by atoms with van der Waals surface area (Å²) in [5, 5.41) is 3.56. The van der Waals surface area contributed by atoms with Gasteiger partial charge in [-0.05, 0) is 46.1 Å². The summed E-state index contributed by atoms with van der Waals surface area (Å²) in [6.45, 7) is 9.09. The minimum Gasteiger partial charge on any atom is -0.312 e. The molecule has 5 heteroatoms. The van der Waals surface area contributed by atoms with Gasteiger partial charge in [0.15, 0.2) is 9.84 Å². The lowest BCUT2D eigenvalue weighted by atomic mass is 9.78. The molecule has 2 aliphatic rings. The maximum absolute atomic E-state index is 11.4. The van der Waals surface area contributed by atoms with Crippen molar-refractivity contribution in [1.29, 1.82) is 0 Å². The SMILES string of the molecule is CC(C)(C)NCC1CCC1N1CCS(=O)(=O)CC1. The third-order valence-corrected chi connectivity index (χ3v) is 5.73. The van der Waals surface area contributed by atoms with Crippen LogP contribution in [0.4, 0.5) is 0 Å². The monoisotopic (exact) mass is 274 g/mol. The molecule has 2 unspecified atom stereocenters. The highest BCUT2D eigenvalue weighted by Crippen LogP contribution is 2.32. The second-order valence-electron chi connectivity index (χ2n) is 6.72. The third-order valence-electron chi connectivity index (χ3n) is 4.12. The van der Waals surface area contributed by atoms with Crippen molar-refractivity contribution in [3.63, 3.8) is 0 Å². The number of hydrogen-bond donors (Lipinski definition) is 1. The van der Waals surface area contributed by atoms with Gasteiger partial charge in [0.1, 0.15) is 0 Å². The first-order valence-electron chi connectivity index (χ1n) is 6.96. The van der Waals surface area contributed by atoms with Crippen LogP contribution in [0, 0.1) is 5.92 Å². The van der Waals surface area contributed by atoms with E-state index in [1.807, 2.05) is 0 Å². The Morgan fingerprint density at radius 1 is 1.17 bits per heavy atom. The summed E-state index contributed by atoms with van der Waals surface area (Å²) in [6, 6.07) is 0.607. The fourth-order valence-electron chi connectivity index (χ4n) is 2.77. The molecule has 2 rings (SSSR count). The summed E-state index contributed by atoms with van der Waals surface area (Å²) in [4.78, 5) is 2.39. The molecule has 0 spiro atoms. The minimum atomic E-state index is -2.74. The van der Waals surface area contributed by atoms with Crippen LogP contribution in [0.3, 0.4) is 0 Å². The van der Waals surface area contributed by atoms with Gasteiger partial charge in [0.25, 0.3) is 0 Å². The van der Waals surface area contributed by atoms with Gasteiger partial charge < -0.3 is 5.32 Å². The van der Waals surface area contributed by atoms with E-state index in [1.165, 1.54) is 12.8 Å². The van der Waals surface area contributed by atoms with Crippen molar-refractivity contribution < 1.29 is 8.42 Å². The zero-order valence-corrected chi connectivity index (χ0v) is 12.6. The second kappa shape index (κ2) is 5.10. The van der Waals surface area contributed by atoms with Crippen molar-refractivity contribution in [2.75, 3.05) is 31.1 Å². The van der Waals surface area contributed by atoms with Crippen LogP contribution in [0.2, 0.25) is 0 Å². The van der Waals surface area contributed by atoms with Crippen molar-refractivity contribution in [2.24, 2.45) is 5.92 Å². The van der Waals surface area contributed by atoms with E-state index < -0.39 is 9.84 Å². The Balaban J connectivity index is 1.80. The molecule has 1 saturated carbocycles. The molecule has 1 heterocycles. The predicted octanol–water partition coefficient (Wildman–Crippen LogP) is 0.884. The van der Waals surface area contributed by atoms with Crippen LogP contribution in [0.15, 0.2) is 0 Å². The molecule has 1 aliphatic heterocycles. The Labute approximate surface area is 111 Å². The number of sulfone groups is 1. The molecule has 2 fully saturated rings. The first-order chi connectivity index (χ1) is 8.27. The fourth-order valence-corrected chi connectivity index (χ4v) is 4.00. The average Bonchev–Trinajstić information content (AvgIpc) is 2.18. The van der Waals surface area contributed by atoms with Gasteiger partial charge in [-0.25, -0.2) is 8.42 Å². The standard InChI is InChI=1S/C13H26N2O2S/c1-13(2,3)14-10-11-4-5-12(11)15-6-8-18(16,17)9-7-15/h11-12,14H,4-10H2,1-3H3. The zero-order valence-electron chi connectivity index (χ0n) is 11.8. The van der Waals surface area contributed by atoms with Gasteiger partial charge >= 0.3 is 0 Å². The summed E-state index contributed by atoms with van der Waals surface area (Å²) < 4.78 is 22.8. The van der Waals surface area contributed by atoms with E-state index in [-0.39, 0.29) is 5.54 Å². The molecule has 0 bridgehead atoms. The topological polar surface area (TPSA) is 49.4 Å². The van der Waals surface area contributed by atoms with Crippen molar-refractivity contribution in [3.05, 3.63) is 0 Å². The molecule has 4 nitrogen and oxygen atoms in total. The molecule has 0 amide bonds. The average molecular weight is 274 g/mol. The van der Waals surface area contributed by atoms with Crippen LogP contribution in [0.25, 0.3) is 0 Å². The highest BCUT2D eigenvalue weighted by molar-refractivity contribution is 7.91. The maximum Gasteiger partial charge on any atom is 0.152 e. The second-order valence-corrected chi connectivity index (χ2v) is 9.03. The van der Waals surface area contributed by atoms with Gasteiger partial charge in [-0.3, -0.25) is 4.90 Å². The summed E-state index contributed by atoms with van der Waals surface area (Å²) in [6.07, 6.45) is 2.51. The molecule has 2 atom stereocenters. The molecule has 18 heavy (non-hydrogen) atoms. The number of nitrogens with zero attached hydrogens (tertiary/aromatic N) is 1. The first-order valence-corrected chi connectivity index (χ1v) is 8.78. The summed E-state index contributed by atoms with van der Waals surface area (Å²) in [7, 11) is -2.74. The van der Waals surface area contributed by atoms with Gasteiger partial charge in [-0.1, -0.05) is 0 Å². The van der Waals surface area contributed by atoms with E-state index in [0.717, 1.165) is 19.6 Å². The largest absolute Gasteiger partial charge is 0.312 e. The molecular formula is C13H26N2O2S. The van der Waals surface area contributed by atoms with E-state index in [1.54, 1.807) is 0 Å². The summed E-state index contributed by atoms with van der Waals surface area (Å²) >= 11 is 0. The van der Waals surface area contributed by atoms with Crippen molar-refractivity contribution >= 4 is 9.84 Å². The lowest BCUT2D eigenvalue weighted by Crippen LogP contribution is -2.56. The Bertz CT molecular complexity index is 372. The highest BCUT2D eigenvalue weighted by Gasteiger charge is 2.37. The van der Waals surface area contributed by atoms with Crippen molar-refractivity contribution in [2.45, 2.75) is 45.2 Å². The van der Waals surface area contributed by atoms with E-state index >= 15 is 0 Å². The summed E-state index contributed by atoms with van der Waals surface area (Å²) in [5.41, 5.74) is 0.172. The Hall–Kier alpha value is -0.130. The number of nitrogens with one attached hydrogen (secondary N) is 1. The third kappa shape index (κ3) is 3.68. The zero-order chi connectivity index (χ0) is 13.4. The quantitative estimate of drug-likeness (QED) is 0.830. The molecule has 0 radical (unpaired) electrons. The first kappa shape index (κ1) is 14.3. The van der Waals surface area contributed by atoms with Crippen molar-refractivity contribution in [3.8, 4) is 0 Å². The van der Waals surface area contributed by atoms with E-state index in [0.29, 0.717) is 23.5 Å². The van der Waals surface area contributed by atoms with E-state index in [9.17, 15) is 8.42 Å². The van der Waals surface area contributed by atoms with Gasteiger partial charge in [0.2, 0.25) is 0 Å². The van der Waals surface area contributed by atoms with Gasteiger partial charge in [0, 0.05) is 24.7 Å². The van der Waals surface area contributed by atoms with Crippen LogP contribution in [0.1, 0.15) is 33.6 Å². The molecule has 106 valence electrons. The Morgan fingerprint density at radius 2 is 1.78 bits per heavy atom. The molecule has 0 aromatic carbocycles. The van der Waals surface area contributed by atoms with E-state index in [2.05, 4.69) is 31.0 Å². The minimum absolute atomic E-state index is 0.172. The summed E-state index contributed by atoms with van der Waals surface area (Å²) in [5.74, 6) is 1.40. The molecule has 0 aromatic heterocycles. The number of rotatable bonds is 3. The predicted molar refractivity (Wildman–Crippen MR) is 74.5 cm³/mol. The van der Waals surface area contributed by atoms with E-state index in [4.69, 9.17) is 0 Å². The fraction of sp³-hybridized carbons (Fsp3) is 1.00. The van der Waals surface area contributed by atoms with Crippen LogP contribution in [-0.4, -0.2) is 56.0 Å². The van der Waals surface area contributed by atoms with Gasteiger partial charge in [0.05, 0.1) is 11.5 Å². The van der Waals surface area contributed by atoms with Crippen LogP contribution < -0.4 is 5.32 Å².